The quantitative estimate of drug-likeness (QED) is 0.697. The second-order valence-corrected chi connectivity index (χ2v) is 8.17. The molecule has 1 N–H and O–H groups in total. The fourth-order valence-corrected chi connectivity index (χ4v) is 4.03. The van der Waals surface area contributed by atoms with Crippen LogP contribution in [0.1, 0.15) is 31.7 Å². The lowest BCUT2D eigenvalue weighted by molar-refractivity contribution is -0.136. The first-order valence-electron chi connectivity index (χ1n) is 11.1. The summed E-state index contributed by atoms with van der Waals surface area (Å²) in [4.78, 5) is 43.8. The molecule has 2 aliphatic heterocycles. The van der Waals surface area contributed by atoms with Crippen molar-refractivity contribution < 1.29 is 23.9 Å². The molecule has 8 heteroatoms. The van der Waals surface area contributed by atoms with Crippen LogP contribution in [0.15, 0.2) is 58.8 Å². The van der Waals surface area contributed by atoms with E-state index in [0.29, 0.717) is 22.6 Å². The van der Waals surface area contributed by atoms with Crippen LogP contribution < -0.4 is 10.1 Å². The number of ether oxygens (including phenoxy) is 2. The molecule has 1 aromatic carbocycles. The van der Waals surface area contributed by atoms with Crippen LogP contribution in [0.5, 0.6) is 5.75 Å². The third-order valence-electron chi connectivity index (χ3n) is 5.81. The fourth-order valence-electron chi connectivity index (χ4n) is 4.03. The van der Waals surface area contributed by atoms with Crippen molar-refractivity contribution in [3.63, 3.8) is 0 Å². The van der Waals surface area contributed by atoms with Crippen molar-refractivity contribution in [2.75, 3.05) is 20.2 Å². The van der Waals surface area contributed by atoms with Gasteiger partial charge in [0.25, 0.3) is 5.91 Å². The number of para-hydroxylation sites is 1. The number of benzene rings is 1. The highest BCUT2D eigenvalue weighted by molar-refractivity contribution is 6.17. The Kier molecular flexibility index (Phi) is 6.72. The van der Waals surface area contributed by atoms with Gasteiger partial charge in [0.2, 0.25) is 5.91 Å². The summed E-state index contributed by atoms with van der Waals surface area (Å²) in [6.45, 7) is 3.14. The molecular weight excluding hydrogens is 422 g/mol. The monoisotopic (exact) mass is 449 g/mol. The van der Waals surface area contributed by atoms with E-state index in [0.717, 1.165) is 32.4 Å². The molecule has 1 fully saturated rings. The van der Waals surface area contributed by atoms with E-state index in [1.807, 2.05) is 18.2 Å². The van der Waals surface area contributed by atoms with Gasteiger partial charge >= 0.3 is 5.91 Å². The normalized spacial score (nSPS) is 22.0. The summed E-state index contributed by atoms with van der Waals surface area (Å²) in [5.41, 5.74) is 1.36. The minimum Gasteiger partial charge on any atom is -0.496 e. The molecule has 0 radical (unpaired) electrons. The molecule has 1 aromatic rings. The van der Waals surface area contributed by atoms with E-state index in [4.69, 9.17) is 9.47 Å². The van der Waals surface area contributed by atoms with Gasteiger partial charge in [-0.15, -0.1) is 0 Å². The molecule has 172 valence electrons. The number of nitrogens with one attached hydrogen (secondary N) is 1. The summed E-state index contributed by atoms with van der Waals surface area (Å²) in [6, 6.07) is 6.64. The zero-order chi connectivity index (χ0) is 23.4. The number of carbonyl (C=O) groups excluding carboxylic acids is 3. The average molecular weight is 450 g/mol. The summed E-state index contributed by atoms with van der Waals surface area (Å²) in [7, 11) is 1.55. The molecule has 0 saturated carbocycles. The van der Waals surface area contributed by atoms with Gasteiger partial charge in [-0.3, -0.25) is 14.4 Å². The fraction of sp³-hybridized carbons (Fsp3) is 0.360. The van der Waals surface area contributed by atoms with Gasteiger partial charge in [-0.1, -0.05) is 18.2 Å². The molecule has 8 nitrogen and oxygen atoms in total. The topological polar surface area (TPSA) is 97.3 Å². The van der Waals surface area contributed by atoms with Crippen molar-refractivity contribution in [2.45, 2.75) is 38.3 Å². The Morgan fingerprint density at radius 2 is 2.00 bits per heavy atom. The number of fused-ring (bicyclic) bond motifs is 1. The minimum absolute atomic E-state index is 0.0825. The third-order valence-corrected chi connectivity index (χ3v) is 5.81. The van der Waals surface area contributed by atoms with Gasteiger partial charge in [0.05, 0.1) is 12.8 Å². The number of rotatable bonds is 5. The van der Waals surface area contributed by atoms with Gasteiger partial charge in [0.15, 0.2) is 11.9 Å². The van der Waals surface area contributed by atoms with Crippen molar-refractivity contribution in [1.82, 2.24) is 10.2 Å². The van der Waals surface area contributed by atoms with E-state index in [1.54, 1.807) is 43.2 Å². The van der Waals surface area contributed by atoms with E-state index in [9.17, 15) is 14.4 Å². The number of nitrogens with zero attached hydrogens (tertiary/aromatic N) is 2. The van der Waals surface area contributed by atoms with Gasteiger partial charge in [-0.25, -0.2) is 4.99 Å². The maximum atomic E-state index is 12.7. The predicted molar refractivity (Wildman–Crippen MR) is 124 cm³/mol. The molecule has 0 spiro atoms. The molecular formula is C25H27N3O5. The number of methoxy groups -OCH3 is 1. The Hall–Kier alpha value is -3.68. The molecule has 0 aromatic heterocycles. The van der Waals surface area contributed by atoms with Crippen LogP contribution in [0.3, 0.4) is 0 Å². The Balaban J connectivity index is 1.45. The Morgan fingerprint density at radius 3 is 2.76 bits per heavy atom. The molecule has 3 aliphatic rings. The summed E-state index contributed by atoms with van der Waals surface area (Å²) in [5, 5.41) is 2.75. The molecule has 3 amide bonds. The lowest BCUT2D eigenvalue weighted by Gasteiger charge is -2.29. The van der Waals surface area contributed by atoms with Crippen LogP contribution in [0, 0.1) is 0 Å². The van der Waals surface area contributed by atoms with Crippen molar-refractivity contribution in [1.29, 1.82) is 0 Å². The van der Waals surface area contributed by atoms with E-state index in [-0.39, 0.29) is 11.7 Å². The van der Waals surface area contributed by atoms with Gasteiger partial charge in [-0.05, 0) is 56.6 Å². The Morgan fingerprint density at radius 1 is 1.24 bits per heavy atom. The molecule has 1 saturated heterocycles. The maximum Gasteiger partial charge on any atom is 0.312 e. The maximum absolute atomic E-state index is 12.7. The first-order valence-corrected chi connectivity index (χ1v) is 11.1. The van der Waals surface area contributed by atoms with Crippen LogP contribution in [-0.4, -0.2) is 60.7 Å². The first-order chi connectivity index (χ1) is 16.0. The lowest BCUT2D eigenvalue weighted by atomic mass is 10.0. The molecule has 33 heavy (non-hydrogen) atoms. The first kappa shape index (κ1) is 22.5. The zero-order valence-electron chi connectivity index (χ0n) is 18.7. The summed E-state index contributed by atoms with van der Waals surface area (Å²) < 4.78 is 11.1. The predicted octanol–water partition coefficient (Wildman–Crippen LogP) is 2.42. The third kappa shape index (κ3) is 5.05. The second kappa shape index (κ2) is 9.85. The zero-order valence-corrected chi connectivity index (χ0v) is 18.7. The van der Waals surface area contributed by atoms with Gasteiger partial charge in [0.1, 0.15) is 11.8 Å². The SMILES string of the molecule is COc1ccccc1/C=C1\OC2C=CC(C(=O)NC(C)C(=O)N3CCCCC3)=CC2=NC1=O. The van der Waals surface area contributed by atoms with Crippen molar-refractivity contribution >= 4 is 29.5 Å². The number of aliphatic imine (C=N–C) groups is 1. The van der Waals surface area contributed by atoms with Crippen LogP contribution in [0.25, 0.3) is 6.08 Å². The van der Waals surface area contributed by atoms with E-state index < -0.39 is 24.0 Å². The number of hydrogen-bond acceptors (Lipinski definition) is 5. The number of piperidine rings is 1. The molecule has 2 atom stereocenters. The standard InChI is InChI=1S/C25H27N3O5/c1-16(25(31)28-12-6-3-7-13-28)26-23(29)18-10-11-21-19(14-18)27-24(30)22(33-21)15-17-8-4-5-9-20(17)32-2/h4-5,8-11,14-16,21H,3,6-7,12-13H2,1-2H3,(H,26,29)/b22-15-. The molecule has 2 unspecified atom stereocenters. The second-order valence-electron chi connectivity index (χ2n) is 8.17. The smallest absolute Gasteiger partial charge is 0.312 e. The van der Waals surface area contributed by atoms with E-state index in [2.05, 4.69) is 10.3 Å². The number of likely N-dealkylation sites (tertiary alicyclic amines) is 1. The highest BCUT2D eigenvalue weighted by Crippen LogP contribution is 2.26. The van der Waals surface area contributed by atoms with Crippen molar-refractivity contribution in [3.8, 4) is 5.75 Å². The van der Waals surface area contributed by atoms with Crippen LogP contribution >= 0.6 is 0 Å². The number of amides is 3. The Bertz CT molecular complexity index is 1080. The van der Waals surface area contributed by atoms with Crippen LogP contribution in [0.4, 0.5) is 0 Å². The minimum atomic E-state index is -0.635. The van der Waals surface area contributed by atoms with Crippen molar-refractivity contribution in [2.24, 2.45) is 4.99 Å². The molecule has 2 heterocycles. The number of hydrogen-bond donors (Lipinski definition) is 1. The molecule has 1 aliphatic carbocycles. The largest absolute Gasteiger partial charge is 0.496 e. The molecule has 4 rings (SSSR count). The summed E-state index contributed by atoms with van der Waals surface area (Å²) in [5.74, 6) is -0.302. The lowest BCUT2D eigenvalue weighted by Crippen LogP contribution is -2.48. The van der Waals surface area contributed by atoms with Gasteiger partial charge in [0, 0.05) is 24.2 Å². The average Bonchev–Trinajstić information content (AvgIpc) is 2.84. The highest BCUT2D eigenvalue weighted by Gasteiger charge is 2.30. The van der Waals surface area contributed by atoms with Crippen LogP contribution in [-0.2, 0) is 19.1 Å². The summed E-state index contributed by atoms with van der Waals surface area (Å²) >= 11 is 0. The van der Waals surface area contributed by atoms with Crippen molar-refractivity contribution in [3.05, 3.63) is 59.4 Å². The number of carbonyl (C=O) groups is 3. The van der Waals surface area contributed by atoms with Gasteiger partial charge in [-0.2, -0.15) is 0 Å². The van der Waals surface area contributed by atoms with Crippen LogP contribution in [0.2, 0.25) is 0 Å². The van der Waals surface area contributed by atoms with Gasteiger partial charge < -0.3 is 19.7 Å². The molecule has 0 bridgehead atoms. The van der Waals surface area contributed by atoms with E-state index >= 15 is 0 Å². The van der Waals surface area contributed by atoms with E-state index in [1.165, 1.54) is 6.08 Å². The Labute approximate surface area is 192 Å². The highest BCUT2D eigenvalue weighted by atomic mass is 16.5. The summed E-state index contributed by atoms with van der Waals surface area (Å²) in [6.07, 6.45) is 8.94.